The van der Waals surface area contributed by atoms with Crippen molar-refractivity contribution in [3.63, 3.8) is 0 Å². The van der Waals surface area contributed by atoms with E-state index in [9.17, 15) is 0 Å². The fourth-order valence-corrected chi connectivity index (χ4v) is 3.32. The fourth-order valence-electron chi connectivity index (χ4n) is 3.32. The SMILES string of the molecule is COc1ccc2c(c1)-c1nncn1Cc1c(C#Cc3cccn3C)ncn1-2. The molecule has 0 saturated carbocycles. The number of hydrogen-bond acceptors (Lipinski definition) is 4. The Morgan fingerprint density at radius 3 is 2.89 bits per heavy atom. The number of hydrogen-bond donors (Lipinski definition) is 0. The van der Waals surface area contributed by atoms with Crippen molar-refractivity contribution in [1.82, 2.24) is 28.9 Å². The second-order valence-electron chi connectivity index (χ2n) is 6.33. The molecule has 0 amide bonds. The largest absolute Gasteiger partial charge is 0.497 e. The molecule has 4 aromatic rings. The van der Waals surface area contributed by atoms with Crippen LogP contribution in [-0.2, 0) is 13.6 Å². The minimum Gasteiger partial charge on any atom is -0.497 e. The quantitative estimate of drug-likeness (QED) is 0.432. The molecule has 1 aromatic carbocycles. The molecule has 0 spiro atoms. The van der Waals surface area contributed by atoms with Crippen molar-refractivity contribution >= 4 is 0 Å². The van der Waals surface area contributed by atoms with Gasteiger partial charge in [0.05, 0.1) is 30.7 Å². The molecular weight excluding hydrogens is 340 g/mol. The summed E-state index contributed by atoms with van der Waals surface area (Å²) < 4.78 is 11.5. The monoisotopic (exact) mass is 356 g/mol. The van der Waals surface area contributed by atoms with Gasteiger partial charge in [0.2, 0.25) is 0 Å². The molecule has 7 nitrogen and oxygen atoms in total. The first kappa shape index (κ1) is 15.5. The van der Waals surface area contributed by atoms with Crippen LogP contribution in [0.1, 0.15) is 17.1 Å². The Kier molecular flexibility index (Phi) is 3.37. The van der Waals surface area contributed by atoms with E-state index in [1.165, 1.54) is 0 Å². The average Bonchev–Trinajstić information content (AvgIpc) is 3.39. The average molecular weight is 356 g/mol. The zero-order valence-electron chi connectivity index (χ0n) is 14.9. The Labute approximate surface area is 155 Å². The van der Waals surface area contributed by atoms with Crippen molar-refractivity contribution in [3.05, 3.63) is 66.3 Å². The summed E-state index contributed by atoms with van der Waals surface area (Å²) in [4.78, 5) is 4.56. The van der Waals surface area contributed by atoms with Crippen LogP contribution in [0.15, 0.2) is 49.2 Å². The molecule has 3 aromatic heterocycles. The van der Waals surface area contributed by atoms with Gasteiger partial charge in [0.25, 0.3) is 0 Å². The minimum absolute atomic E-state index is 0.594. The highest BCUT2D eigenvalue weighted by atomic mass is 16.5. The van der Waals surface area contributed by atoms with Crippen molar-refractivity contribution in [2.75, 3.05) is 7.11 Å². The summed E-state index contributed by atoms with van der Waals surface area (Å²) >= 11 is 0. The van der Waals surface area contributed by atoms with Crippen molar-refractivity contribution < 1.29 is 4.74 Å². The second kappa shape index (κ2) is 5.88. The molecular formula is C20H16N6O. The lowest BCUT2D eigenvalue weighted by molar-refractivity contribution is 0.415. The summed E-state index contributed by atoms with van der Waals surface area (Å²) in [7, 11) is 3.63. The van der Waals surface area contributed by atoms with Gasteiger partial charge in [-0.25, -0.2) is 4.98 Å². The van der Waals surface area contributed by atoms with Gasteiger partial charge in [-0.15, -0.1) is 10.2 Å². The third kappa shape index (κ3) is 2.42. The number of imidazole rings is 1. The van der Waals surface area contributed by atoms with Gasteiger partial charge in [0, 0.05) is 18.8 Å². The topological polar surface area (TPSA) is 62.7 Å². The molecule has 0 saturated heterocycles. The minimum atomic E-state index is 0.594. The number of ether oxygens (including phenoxy) is 1. The van der Waals surface area contributed by atoms with Gasteiger partial charge in [0.15, 0.2) is 5.82 Å². The van der Waals surface area contributed by atoms with Gasteiger partial charge < -0.3 is 13.9 Å². The molecule has 0 bridgehead atoms. The van der Waals surface area contributed by atoms with E-state index in [-0.39, 0.29) is 0 Å². The van der Waals surface area contributed by atoms with Crippen LogP contribution in [0.3, 0.4) is 0 Å². The highest BCUT2D eigenvalue weighted by molar-refractivity contribution is 5.71. The van der Waals surface area contributed by atoms with Crippen LogP contribution >= 0.6 is 0 Å². The van der Waals surface area contributed by atoms with E-state index in [1.807, 2.05) is 59.0 Å². The molecule has 4 heterocycles. The predicted octanol–water partition coefficient (Wildman–Crippen LogP) is 2.24. The van der Waals surface area contributed by atoms with Crippen molar-refractivity contribution in [3.8, 4) is 34.7 Å². The summed E-state index contributed by atoms with van der Waals surface area (Å²) in [6.45, 7) is 0.594. The lowest BCUT2D eigenvalue weighted by Crippen LogP contribution is -2.03. The molecule has 1 aliphatic rings. The maximum atomic E-state index is 5.39. The van der Waals surface area contributed by atoms with E-state index in [1.54, 1.807) is 13.4 Å². The lowest BCUT2D eigenvalue weighted by Gasteiger charge is -2.09. The van der Waals surface area contributed by atoms with Gasteiger partial charge >= 0.3 is 0 Å². The third-order valence-electron chi connectivity index (χ3n) is 4.76. The maximum Gasteiger partial charge on any atom is 0.166 e. The van der Waals surface area contributed by atoms with Crippen LogP contribution in [0.25, 0.3) is 17.1 Å². The first-order valence-electron chi connectivity index (χ1n) is 8.51. The second-order valence-corrected chi connectivity index (χ2v) is 6.33. The number of benzene rings is 1. The Morgan fingerprint density at radius 2 is 2.07 bits per heavy atom. The molecule has 0 aliphatic carbocycles. The Hall–Kier alpha value is -3.79. The molecule has 0 N–H and O–H groups in total. The summed E-state index contributed by atoms with van der Waals surface area (Å²) in [5.41, 5.74) is 4.63. The van der Waals surface area contributed by atoms with E-state index in [4.69, 9.17) is 4.74 Å². The van der Waals surface area contributed by atoms with E-state index in [0.29, 0.717) is 6.54 Å². The summed E-state index contributed by atoms with van der Waals surface area (Å²) in [5.74, 6) is 7.99. The molecule has 7 heteroatoms. The smallest absolute Gasteiger partial charge is 0.166 e. The van der Waals surface area contributed by atoms with Crippen LogP contribution in [0, 0.1) is 11.8 Å². The third-order valence-corrected chi connectivity index (χ3v) is 4.76. The zero-order chi connectivity index (χ0) is 18.4. The summed E-state index contributed by atoms with van der Waals surface area (Å²) in [6.07, 6.45) is 5.52. The van der Waals surface area contributed by atoms with Crippen LogP contribution in [0.2, 0.25) is 0 Å². The predicted molar refractivity (Wildman–Crippen MR) is 99.6 cm³/mol. The highest BCUT2D eigenvalue weighted by Crippen LogP contribution is 2.33. The van der Waals surface area contributed by atoms with Gasteiger partial charge in [-0.3, -0.25) is 4.57 Å². The molecule has 5 rings (SSSR count). The van der Waals surface area contributed by atoms with E-state index in [2.05, 4.69) is 31.6 Å². The molecule has 27 heavy (non-hydrogen) atoms. The number of fused-ring (bicyclic) bond motifs is 5. The Bertz CT molecular complexity index is 1220. The number of aryl methyl sites for hydroxylation is 1. The zero-order valence-corrected chi connectivity index (χ0v) is 14.9. The van der Waals surface area contributed by atoms with E-state index in [0.717, 1.165) is 39.9 Å². The van der Waals surface area contributed by atoms with Crippen LogP contribution < -0.4 is 4.74 Å². The lowest BCUT2D eigenvalue weighted by atomic mass is 10.1. The molecule has 1 aliphatic heterocycles. The first-order valence-corrected chi connectivity index (χ1v) is 8.51. The van der Waals surface area contributed by atoms with E-state index < -0.39 is 0 Å². The summed E-state index contributed by atoms with van der Waals surface area (Å²) in [6, 6.07) is 9.88. The number of aromatic nitrogens is 6. The molecule has 0 fully saturated rings. The maximum absolute atomic E-state index is 5.39. The fraction of sp³-hybridized carbons (Fsp3) is 0.150. The van der Waals surface area contributed by atoms with Crippen LogP contribution in [0.5, 0.6) is 5.75 Å². The normalized spacial score (nSPS) is 11.6. The summed E-state index contributed by atoms with van der Waals surface area (Å²) in [5, 5.41) is 8.40. The Morgan fingerprint density at radius 1 is 1.15 bits per heavy atom. The van der Waals surface area contributed by atoms with Crippen molar-refractivity contribution in [1.29, 1.82) is 0 Å². The van der Waals surface area contributed by atoms with Gasteiger partial charge in [-0.2, -0.15) is 0 Å². The molecule has 0 unspecified atom stereocenters. The first-order chi connectivity index (χ1) is 13.2. The van der Waals surface area contributed by atoms with Crippen LogP contribution in [-0.4, -0.2) is 36.0 Å². The van der Waals surface area contributed by atoms with Gasteiger partial charge in [-0.1, -0.05) is 0 Å². The highest BCUT2D eigenvalue weighted by Gasteiger charge is 2.23. The number of rotatable bonds is 1. The van der Waals surface area contributed by atoms with Crippen molar-refractivity contribution in [2.24, 2.45) is 7.05 Å². The molecule has 0 radical (unpaired) electrons. The Balaban J connectivity index is 1.69. The molecule has 0 atom stereocenters. The van der Waals surface area contributed by atoms with Crippen molar-refractivity contribution in [2.45, 2.75) is 6.54 Å². The number of nitrogens with zero attached hydrogens (tertiary/aromatic N) is 6. The van der Waals surface area contributed by atoms with Gasteiger partial charge in [0.1, 0.15) is 24.1 Å². The van der Waals surface area contributed by atoms with E-state index >= 15 is 0 Å². The molecule has 132 valence electrons. The van der Waals surface area contributed by atoms with Gasteiger partial charge in [-0.05, 0) is 42.2 Å². The number of methoxy groups -OCH3 is 1. The van der Waals surface area contributed by atoms with Crippen LogP contribution in [0.4, 0.5) is 0 Å². The standard InChI is InChI=1S/C20H16N6O/c1-24-9-3-4-14(24)5-7-17-19-11-25-13-22-23-20(25)16-10-15(27-2)6-8-18(16)26(19)12-21-17/h3-4,6,8-10,12-13H,11H2,1-2H3.